The quantitative estimate of drug-likeness (QED) is 0.233. The number of rotatable bonds is 4. The molecule has 6 nitrogen and oxygen atoms in total. The molecule has 1 saturated heterocycles. The molecule has 4 aliphatic rings. The highest BCUT2D eigenvalue weighted by atomic mass is 19.4. The highest BCUT2D eigenvalue weighted by molar-refractivity contribution is 5.94. The number of hydrogen-bond acceptors (Lipinski definition) is 5. The van der Waals surface area contributed by atoms with E-state index in [1.54, 1.807) is 18.0 Å². The van der Waals surface area contributed by atoms with Crippen molar-refractivity contribution in [3.05, 3.63) is 71.3 Å². The van der Waals surface area contributed by atoms with Crippen LogP contribution in [-0.4, -0.2) is 60.0 Å². The predicted molar refractivity (Wildman–Crippen MR) is 145 cm³/mol. The number of halogens is 3. The maximum Gasteiger partial charge on any atom is 0.416 e. The largest absolute Gasteiger partial charge is 0.487 e. The molecule has 2 aliphatic carbocycles. The van der Waals surface area contributed by atoms with Gasteiger partial charge >= 0.3 is 12.1 Å². The highest BCUT2D eigenvalue weighted by Gasteiger charge is 2.66. The highest BCUT2D eigenvalue weighted by Crippen LogP contribution is 2.63. The summed E-state index contributed by atoms with van der Waals surface area (Å²) in [5.74, 6) is 6.21. The smallest absolute Gasteiger partial charge is 0.416 e. The van der Waals surface area contributed by atoms with E-state index in [0.717, 1.165) is 67.8 Å². The third kappa shape index (κ3) is 4.40. The van der Waals surface area contributed by atoms with Crippen LogP contribution >= 0.6 is 0 Å². The Morgan fingerprint density at radius 3 is 2.66 bits per heavy atom. The third-order valence-electron chi connectivity index (χ3n) is 9.36. The number of amides is 1. The summed E-state index contributed by atoms with van der Waals surface area (Å²) in [6.07, 6.45) is 0.415. The van der Waals surface area contributed by atoms with Gasteiger partial charge in [-0.15, -0.1) is 6.58 Å². The van der Waals surface area contributed by atoms with Gasteiger partial charge in [-0.1, -0.05) is 12.0 Å². The lowest BCUT2D eigenvalue weighted by atomic mass is 9.51. The Balaban J connectivity index is 1.32. The van der Waals surface area contributed by atoms with Crippen LogP contribution in [0.3, 0.4) is 0 Å². The molecule has 2 heterocycles. The number of esters is 1. The molecule has 9 heteroatoms. The molecule has 2 aromatic carbocycles. The van der Waals surface area contributed by atoms with Crippen molar-refractivity contribution >= 4 is 11.9 Å². The van der Waals surface area contributed by atoms with E-state index in [0.29, 0.717) is 17.2 Å². The summed E-state index contributed by atoms with van der Waals surface area (Å²) in [5, 5.41) is 0. The third-order valence-corrected chi connectivity index (χ3v) is 9.36. The monoisotopic (exact) mass is 564 g/mol. The van der Waals surface area contributed by atoms with Gasteiger partial charge in [-0.25, -0.2) is 0 Å². The minimum Gasteiger partial charge on any atom is -0.487 e. The van der Waals surface area contributed by atoms with Crippen LogP contribution in [0.5, 0.6) is 11.5 Å². The molecular formula is C32H31F3N2O4. The number of likely N-dealkylation sites (tertiary alicyclic amines) is 1. The summed E-state index contributed by atoms with van der Waals surface area (Å²) >= 11 is 0. The minimum absolute atomic E-state index is 0.226. The van der Waals surface area contributed by atoms with Gasteiger partial charge in [0.1, 0.15) is 17.6 Å². The first kappa shape index (κ1) is 27.4. The number of alkyl halides is 3. The zero-order valence-electron chi connectivity index (χ0n) is 23.0. The fourth-order valence-electron chi connectivity index (χ4n) is 7.74. The first-order valence-corrected chi connectivity index (χ1v) is 13.9. The molecule has 0 radical (unpaired) electrons. The summed E-state index contributed by atoms with van der Waals surface area (Å²) in [6.45, 7) is 6.98. The van der Waals surface area contributed by atoms with Gasteiger partial charge in [0, 0.05) is 54.6 Å². The predicted octanol–water partition coefficient (Wildman–Crippen LogP) is 4.73. The van der Waals surface area contributed by atoms with Gasteiger partial charge in [0.25, 0.3) is 5.91 Å². The van der Waals surface area contributed by atoms with Crippen LogP contribution in [0.25, 0.3) is 0 Å². The van der Waals surface area contributed by atoms with Gasteiger partial charge in [0.2, 0.25) is 0 Å². The maximum absolute atomic E-state index is 13.3. The number of nitrogens with zero attached hydrogens (tertiary/aromatic N) is 2. The Kier molecular flexibility index (Phi) is 6.65. The molecule has 0 unspecified atom stereocenters. The van der Waals surface area contributed by atoms with Crippen molar-refractivity contribution in [2.24, 2.45) is 5.92 Å². The average molecular weight is 565 g/mol. The second kappa shape index (κ2) is 9.95. The van der Waals surface area contributed by atoms with Gasteiger partial charge in [0.15, 0.2) is 0 Å². The average Bonchev–Trinajstić information content (AvgIpc) is 3.27. The summed E-state index contributed by atoms with van der Waals surface area (Å²) in [5.41, 5.74) is 1.36. The van der Waals surface area contributed by atoms with E-state index in [1.807, 2.05) is 12.1 Å². The van der Waals surface area contributed by atoms with Gasteiger partial charge < -0.3 is 14.4 Å². The fraction of sp³-hybridized carbons (Fsp3) is 0.438. The Morgan fingerprint density at radius 2 is 1.98 bits per heavy atom. The summed E-state index contributed by atoms with van der Waals surface area (Å²) in [6, 6.07) is 8.12. The molecule has 2 aromatic rings. The number of ether oxygens (including phenoxy) is 2. The van der Waals surface area contributed by atoms with E-state index in [1.165, 1.54) is 19.1 Å². The Labute approximate surface area is 237 Å². The van der Waals surface area contributed by atoms with Crippen molar-refractivity contribution in [1.29, 1.82) is 0 Å². The number of carbonyl (C=O) groups is 2. The zero-order chi connectivity index (χ0) is 29.1. The van der Waals surface area contributed by atoms with Gasteiger partial charge in [-0.3, -0.25) is 14.5 Å². The SMILES string of the molecule is C=CCN1CC[C@@]23c4c5ccc(OC(C)=O)c4C[C@@H]1[C@@H]2CC[C@@H](N(C)C(=O)C#Cc1ccc(C(F)(F)F)cc1)[C@@H]3O5. The van der Waals surface area contributed by atoms with Gasteiger partial charge in [0.05, 0.1) is 11.6 Å². The Morgan fingerprint density at radius 1 is 1.22 bits per heavy atom. The second-order valence-electron chi connectivity index (χ2n) is 11.4. The van der Waals surface area contributed by atoms with E-state index >= 15 is 0 Å². The molecule has 0 aromatic heterocycles. The lowest BCUT2D eigenvalue weighted by Crippen LogP contribution is -2.68. The van der Waals surface area contributed by atoms with Crippen molar-refractivity contribution < 1.29 is 32.2 Å². The number of benzene rings is 2. The summed E-state index contributed by atoms with van der Waals surface area (Å²) in [7, 11) is 1.72. The molecule has 6 rings (SSSR count). The first-order chi connectivity index (χ1) is 19.5. The van der Waals surface area contributed by atoms with E-state index in [2.05, 4.69) is 23.3 Å². The van der Waals surface area contributed by atoms with Crippen LogP contribution in [-0.2, 0) is 27.6 Å². The van der Waals surface area contributed by atoms with Crippen molar-refractivity contribution in [3.63, 3.8) is 0 Å². The minimum atomic E-state index is -4.43. The van der Waals surface area contributed by atoms with Gasteiger partial charge in [-0.2, -0.15) is 13.2 Å². The topological polar surface area (TPSA) is 59.1 Å². The zero-order valence-corrected chi connectivity index (χ0v) is 23.0. The Bertz CT molecular complexity index is 1470. The normalized spacial score (nSPS) is 27.5. The molecule has 2 fully saturated rings. The molecule has 2 bridgehead atoms. The van der Waals surface area contributed by atoms with Crippen LogP contribution in [0, 0.1) is 17.8 Å². The number of hydrogen-bond donors (Lipinski definition) is 0. The van der Waals surface area contributed by atoms with Gasteiger partial charge in [-0.05, 0) is 74.5 Å². The standard InChI is InChI=1S/C32H31F3N2O4/c1-4-16-37-17-15-31-23-10-11-24(36(3)28(39)14-7-20-5-8-21(9-6-20)32(33,34)35)30(31)41-27-13-12-26(40-19(2)38)22(29(27)31)18-25(23)37/h4-6,8-9,12-13,23-25,30H,1,10-11,15-18H2,2-3H3/t23-,24+,25+,30-,31-/m0/s1. The number of likely N-dealkylation sites (N-methyl/N-ethyl adjacent to an activating group) is 1. The van der Waals surface area contributed by atoms with Crippen LogP contribution in [0.15, 0.2) is 49.1 Å². The van der Waals surface area contributed by atoms with Crippen molar-refractivity contribution in [2.45, 2.75) is 62.4 Å². The Hall–Kier alpha value is -3.77. The van der Waals surface area contributed by atoms with Crippen molar-refractivity contribution in [3.8, 4) is 23.3 Å². The molecule has 214 valence electrons. The molecule has 5 atom stereocenters. The van der Waals surface area contributed by atoms with Crippen molar-refractivity contribution in [1.82, 2.24) is 9.80 Å². The summed E-state index contributed by atoms with van der Waals surface area (Å²) < 4.78 is 51.0. The van der Waals surface area contributed by atoms with Crippen molar-refractivity contribution in [2.75, 3.05) is 20.1 Å². The number of piperidine rings is 1. The molecule has 2 aliphatic heterocycles. The van der Waals surface area contributed by atoms with Crippen LogP contribution in [0.1, 0.15) is 48.4 Å². The lowest BCUT2D eigenvalue weighted by Gasteiger charge is -2.60. The van der Waals surface area contributed by atoms with Crippen LogP contribution in [0.2, 0.25) is 0 Å². The van der Waals surface area contributed by atoms with E-state index < -0.39 is 17.6 Å². The lowest BCUT2D eigenvalue weighted by molar-refractivity contribution is -0.137. The van der Waals surface area contributed by atoms with E-state index in [4.69, 9.17) is 9.47 Å². The summed E-state index contributed by atoms with van der Waals surface area (Å²) in [4.78, 5) is 29.3. The van der Waals surface area contributed by atoms with E-state index in [9.17, 15) is 22.8 Å². The number of carbonyl (C=O) groups excluding carboxylic acids is 2. The molecule has 1 saturated carbocycles. The maximum atomic E-state index is 13.3. The molecule has 0 N–H and O–H groups in total. The van der Waals surface area contributed by atoms with Crippen LogP contribution in [0.4, 0.5) is 13.2 Å². The van der Waals surface area contributed by atoms with E-state index in [-0.39, 0.29) is 29.6 Å². The molecule has 1 amide bonds. The molecule has 1 spiro atoms. The molecule has 41 heavy (non-hydrogen) atoms. The second-order valence-corrected chi connectivity index (χ2v) is 11.4. The fourth-order valence-corrected chi connectivity index (χ4v) is 7.74. The first-order valence-electron chi connectivity index (χ1n) is 13.9. The van der Waals surface area contributed by atoms with Crippen LogP contribution < -0.4 is 9.47 Å². The molecular weight excluding hydrogens is 533 g/mol.